The van der Waals surface area contributed by atoms with Gasteiger partial charge in [0.1, 0.15) is 12.6 Å². The topological polar surface area (TPSA) is 86.8 Å². The summed E-state index contributed by atoms with van der Waals surface area (Å²) in [6, 6.07) is 24.3. The van der Waals surface area contributed by atoms with E-state index in [1.54, 1.807) is 49.4 Å². The van der Waals surface area contributed by atoms with Crippen LogP contribution in [0.2, 0.25) is 15.1 Å². The summed E-state index contributed by atoms with van der Waals surface area (Å²) >= 11 is 19.2. The fourth-order valence-electron chi connectivity index (χ4n) is 4.93. The smallest absolute Gasteiger partial charge is 0.264 e. The normalized spacial score (nSPS) is 12.7. The molecule has 2 amide bonds. The Morgan fingerprint density at radius 1 is 0.851 bits per heavy atom. The average molecular weight is 715 g/mol. The molecule has 4 aromatic carbocycles. The Balaban J connectivity index is 1.85. The van der Waals surface area contributed by atoms with Crippen molar-refractivity contribution in [2.45, 2.75) is 64.1 Å². The molecule has 4 rings (SSSR count). The first kappa shape index (κ1) is 36.3. The van der Waals surface area contributed by atoms with Gasteiger partial charge in [0.15, 0.2) is 0 Å². The molecule has 11 heteroatoms. The van der Waals surface area contributed by atoms with Crippen LogP contribution in [-0.2, 0) is 32.6 Å². The Morgan fingerprint density at radius 2 is 1.53 bits per heavy atom. The molecule has 248 valence electrons. The molecule has 0 aliphatic heterocycles. The van der Waals surface area contributed by atoms with Gasteiger partial charge in [-0.2, -0.15) is 0 Å². The van der Waals surface area contributed by atoms with Gasteiger partial charge in [0.25, 0.3) is 10.0 Å². The van der Waals surface area contributed by atoms with E-state index in [0.717, 1.165) is 21.0 Å². The predicted octanol–water partition coefficient (Wildman–Crippen LogP) is 8.01. The first-order chi connectivity index (χ1) is 22.3. The van der Waals surface area contributed by atoms with Gasteiger partial charge in [0.2, 0.25) is 11.8 Å². The van der Waals surface area contributed by atoms with E-state index in [1.807, 2.05) is 51.1 Å². The van der Waals surface area contributed by atoms with E-state index < -0.39 is 28.5 Å². The zero-order valence-electron chi connectivity index (χ0n) is 26.7. The van der Waals surface area contributed by atoms with Crippen molar-refractivity contribution in [2.75, 3.05) is 10.8 Å². The molecule has 47 heavy (non-hydrogen) atoms. The minimum atomic E-state index is -4.26. The van der Waals surface area contributed by atoms with E-state index in [4.69, 9.17) is 34.8 Å². The third-order valence-corrected chi connectivity index (χ3v) is 10.7. The highest BCUT2D eigenvalue weighted by Gasteiger charge is 2.35. The number of hydrogen-bond acceptors (Lipinski definition) is 4. The molecule has 0 bridgehead atoms. The van der Waals surface area contributed by atoms with E-state index in [-0.39, 0.29) is 35.5 Å². The molecule has 0 spiro atoms. The zero-order chi connectivity index (χ0) is 34.3. The van der Waals surface area contributed by atoms with Gasteiger partial charge >= 0.3 is 0 Å². The third-order valence-electron chi connectivity index (χ3n) is 7.96. The van der Waals surface area contributed by atoms with Gasteiger partial charge in [0, 0.05) is 34.1 Å². The molecule has 0 fully saturated rings. The number of sulfonamides is 1. The number of hydrogen-bond donors (Lipinski definition) is 1. The number of carbonyl (C=O) groups is 2. The van der Waals surface area contributed by atoms with Crippen LogP contribution in [0.1, 0.15) is 42.5 Å². The minimum Gasteiger partial charge on any atom is -0.352 e. The number of nitrogens with zero attached hydrogens (tertiary/aromatic N) is 2. The van der Waals surface area contributed by atoms with Crippen LogP contribution in [0.3, 0.4) is 0 Å². The summed E-state index contributed by atoms with van der Waals surface area (Å²) in [6.45, 7) is 6.81. The van der Waals surface area contributed by atoms with Gasteiger partial charge in [-0.15, -0.1) is 0 Å². The maximum atomic E-state index is 14.6. The largest absolute Gasteiger partial charge is 0.352 e. The fourth-order valence-corrected chi connectivity index (χ4v) is 6.98. The fraction of sp³-hybridized carbons (Fsp3) is 0.278. The molecular formula is C36H38Cl3N3O4S. The Bertz CT molecular complexity index is 1820. The van der Waals surface area contributed by atoms with Crippen LogP contribution in [0.4, 0.5) is 5.69 Å². The second-order valence-electron chi connectivity index (χ2n) is 11.5. The number of amides is 2. The van der Waals surface area contributed by atoms with Crippen molar-refractivity contribution >= 4 is 62.3 Å². The van der Waals surface area contributed by atoms with Crippen LogP contribution in [0.25, 0.3) is 0 Å². The van der Waals surface area contributed by atoms with Crippen molar-refractivity contribution in [1.29, 1.82) is 0 Å². The van der Waals surface area contributed by atoms with Crippen molar-refractivity contribution in [2.24, 2.45) is 0 Å². The lowest BCUT2D eigenvalue weighted by atomic mass is 10.0. The lowest BCUT2D eigenvalue weighted by Crippen LogP contribution is -2.54. The molecule has 2 atom stereocenters. The van der Waals surface area contributed by atoms with E-state index in [9.17, 15) is 18.0 Å². The van der Waals surface area contributed by atoms with Crippen LogP contribution in [0.5, 0.6) is 0 Å². The number of anilines is 1. The quantitative estimate of drug-likeness (QED) is 0.152. The van der Waals surface area contributed by atoms with E-state index in [1.165, 1.54) is 23.1 Å². The molecule has 4 aromatic rings. The maximum Gasteiger partial charge on any atom is 0.264 e. The van der Waals surface area contributed by atoms with Gasteiger partial charge < -0.3 is 10.2 Å². The number of aryl methyl sites for hydroxylation is 2. The highest BCUT2D eigenvalue weighted by Crippen LogP contribution is 2.30. The molecule has 7 nitrogen and oxygen atoms in total. The number of carbonyl (C=O) groups excluding carboxylic acids is 2. The molecule has 0 saturated heterocycles. The lowest BCUT2D eigenvalue weighted by Gasteiger charge is -2.34. The maximum absolute atomic E-state index is 14.6. The van der Waals surface area contributed by atoms with Crippen LogP contribution < -0.4 is 9.62 Å². The van der Waals surface area contributed by atoms with E-state index >= 15 is 0 Å². The van der Waals surface area contributed by atoms with Crippen molar-refractivity contribution < 1.29 is 18.0 Å². The molecule has 0 aliphatic carbocycles. The van der Waals surface area contributed by atoms with Gasteiger partial charge in [0.05, 0.1) is 10.6 Å². The molecule has 0 radical (unpaired) electrons. The van der Waals surface area contributed by atoms with Gasteiger partial charge in [-0.3, -0.25) is 13.9 Å². The van der Waals surface area contributed by atoms with Crippen LogP contribution in [0.15, 0.2) is 95.9 Å². The molecule has 0 aromatic heterocycles. The Kier molecular flexibility index (Phi) is 12.4. The van der Waals surface area contributed by atoms with Crippen molar-refractivity contribution in [3.8, 4) is 0 Å². The van der Waals surface area contributed by atoms with Gasteiger partial charge in [-0.05, 0) is 80.3 Å². The monoisotopic (exact) mass is 713 g/mol. The molecular weight excluding hydrogens is 677 g/mol. The predicted molar refractivity (Wildman–Crippen MR) is 191 cm³/mol. The van der Waals surface area contributed by atoms with Crippen LogP contribution in [0, 0.1) is 13.8 Å². The summed E-state index contributed by atoms with van der Waals surface area (Å²) in [4.78, 5) is 30.0. The summed E-state index contributed by atoms with van der Waals surface area (Å²) in [7, 11) is -4.26. The van der Waals surface area contributed by atoms with E-state index in [2.05, 4.69) is 5.32 Å². The standard InChI is InChI=1S/C36H38Cl3N3O4S/c1-5-26(4)40-36(44)34(19-27-9-7-6-8-10-27)41(22-28-14-15-29(37)20-33(28)39)35(43)23-42(30-16-13-25(3)32(38)21-30)47(45,46)31-17-11-24(2)12-18-31/h6-18,20-21,26,34H,5,19,22-23H2,1-4H3,(H,40,44)/t26-,34+/m1/s1. The summed E-state index contributed by atoms with van der Waals surface area (Å²) < 4.78 is 29.5. The molecule has 0 saturated carbocycles. The van der Waals surface area contributed by atoms with Crippen LogP contribution >= 0.6 is 34.8 Å². The second kappa shape index (κ2) is 16.0. The summed E-state index contributed by atoms with van der Waals surface area (Å²) in [6.07, 6.45) is 0.860. The van der Waals surface area contributed by atoms with Crippen molar-refractivity contribution in [1.82, 2.24) is 10.2 Å². The number of halogens is 3. The second-order valence-corrected chi connectivity index (χ2v) is 14.7. The molecule has 0 unspecified atom stereocenters. The third kappa shape index (κ3) is 9.29. The summed E-state index contributed by atoms with van der Waals surface area (Å²) in [5.41, 5.74) is 3.21. The SMILES string of the molecule is CC[C@@H](C)NC(=O)[C@H](Cc1ccccc1)N(Cc1ccc(Cl)cc1Cl)C(=O)CN(c1ccc(C)c(Cl)c1)S(=O)(=O)c1ccc(C)cc1. The zero-order valence-corrected chi connectivity index (χ0v) is 29.8. The first-order valence-electron chi connectivity index (χ1n) is 15.2. The number of rotatable bonds is 13. The Morgan fingerprint density at radius 3 is 2.15 bits per heavy atom. The van der Waals surface area contributed by atoms with Crippen LogP contribution in [-0.4, -0.2) is 43.8 Å². The number of nitrogens with one attached hydrogen (secondary N) is 1. The van der Waals surface area contributed by atoms with Crippen molar-refractivity contribution in [3.05, 3.63) is 128 Å². The number of benzene rings is 4. The Hall–Kier alpha value is -3.56. The summed E-state index contributed by atoms with van der Waals surface area (Å²) in [5.74, 6) is -0.975. The molecule has 1 N–H and O–H groups in total. The highest BCUT2D eigenvalue weighted by molar-refractivity contribution is 7.92. The molecule has 0 heterocycles. The summed E-state index contributed by atoms with van der Waals surface area (Å²) in [5, 5.41) is 4.09. The van der Waals surface area contributed by atoms with E-state index in [0.29, 0.717) is 27.1 Å². The molecule has 0 aliphatic rings. The highest BCUT2D eigenvalue weighted by atomic mass is 35.5. The average Bonchev–Trinajstić information content (AvgIpc) is 3.04. The van der Waals surface area contributed by atoms with Crippen molar-refractivity contribution in [3.63, 3.8) is 0 Å². The first-order valence-corrected chi connectivity index (χ1v) is 17.8. The lowest BCUT2D eigenvalue weighted by molar-refractivity contribution is -0.140. The Labute approximate surface area is 292 Å². The van der Waals surface area contributed by atoms with Gasteiger partial charge in [-0.1, -0.05) is 102 Å². The minimum absolute atomic E-state index is 0.00948. The van der Waals surface area contributed by atoms with Gasteiger partial charge in [-0.25, -0.2) is 8.42 Å².